The van der Waals surface area contributed by atoms with Gasteiger partial charge in [-0.25, -0.2) is 0 Å². The maximum Gasteiger partial charge on any atom is 0.0758 e. The number of aliphatic hydroxyl groups is 1. The molecular weight excluding hydrogens is 192 g/mol. The Morgan fingerprint density at radius 1 is 1.60 bits per heavy atom. The maximum atomic E-state index is 9.86. The van der Waals surface area contributed by atoms with Crippen molar-refractivity contribution in [1.29, 1.82) is 0 Å². The second kappa shape index (κ2) is 4.37. The zero-order chi connectivity index (χ0) is 10.9. The second-order valence-electron chi connectivity index (χ2n) is 5.27. The summed E-state index contributed by atoms with van der Waals surface area (Å²) in [5, 5.41) is 9.86. The first-order valence-electron chi connectivity index (χ1n) is 5.85. The molecule has 15 heavy (non-hydrogen) atoms. The molecule has 0 saturated carbocycles. The fourth-order valence-corrected chi connectivity index (χ4v) is 2.53. The molecule has 0 radical (unpaired) electrons. The monoisotopic (exact) mass is 214 g/mol. The Labute approximate surface area is 91.4 Å². The van der Waals surface area contributed by atoms with Crippen LogP contribution in [0.3, 0.4) is 0 Å². The first kappa shape index (κ1) is 11.3. The van der Waals surface area contributed by atoms with Crippen LogP contribution in [0.2, 0.25) is 0 Å². The summed E-state index contributed by atoms with van der Waals surface area (Å²) >= 11 is 0. The molecule has 0 bridgehead atoms. The SMILES string of the molecule is CC1(O)CCN(CC2COCCC2N)C1. The van der Waals surface area contributed by atoms with E-state index in [1.54, 1.807) is 0 Å². The Morgan fingerprint density at radius 3 is 3.00 bits per heavy atom. The molecule has 2 fully saturated rings. The fraction of sp³-hybridized carbons (Fsp3) is 1.00. The average Bonchev–Trinajstić information content (AvgIpc) is 2.50. The van der Waals surface area contributed by atoms with E-state index in [-0.39, 0.29) is 6.04 Å². The predicted molar refractivity (Wildman–Crippen MR) is 58.6 cm³/mol. The number of hydrogen-bond acceptors (Lipinski definition) is 4. The molecule has 3 atom stereocenters. The van der Waals surface area contributed by atoms with Gasteiger partial charge in [0, 0.05) is 38.2 Å². The normalized spacial score (nSPS) is 43.4. The van der Waals surface area contributed by atoms with E-state index in [0.717, 1.165) is 45.7 Å². The van der Waals surface area contributed by atoms with Crippen LogP contribution in [-0.2, 0) is 4.74 Å². The third kappa shape index (κ3) is 2.91. The van der Waals surface area contributed by atoms with Gasteiger partial charge in [0.15, 0.2) is 0 Å². The summed E-state index contributed by atoms with van der Waals surface area (Å²) in [6, 6.07) is 0.268. The van der Waals surface area contributed by atoms with Crippen molar-refractivity contribution in [1.82, 2.24) is 4.90 Å². The van der Waals surface area contributed by atoms with Gasteiger partial charge < -0.3 is 15.6 Å². The number of ether oxygens (including phenoxy) is 1. The van der Waals surface area contributed by atoms with Crippen LogP contribution in [0.5, 0.6) is 0 Å². The molecule has 0 amide bonds. The molecule has 0 spiro atoms. The smallest absolute Gasteiger partial charge is 0.0758 e. The summed E-state index contributed by atoms with van der Waals surface area (Å²) in [5.74, 6) is 0.438. The molecule has 0 aromatic rings. The number of nitrogens with zero attached hydrogens (tertiary/aromatic N) is 1. The largest absolute Gasteiger partial charge is 0.389 e. The van der Waals surface area contributed by atoms with Crippen LogP contribution in [0.15, 0.2) is 0 Å². The van der Waals surface area contributed by atoms with Gasteiger partial charge in [0.05, 0.1) is 12.2 Å². The summed E-state index contributed by atoms with van der Waals surface area (Å²) < 4.78 is 5.45. The molecule has 4 nitrogen and oxygen atoms in total. The highest BCUT2D eigenvalue weighted by Crippen LogP contribution is 2.23. The molecule has 3 unspecified atom stereocenters. The van der Waals surface area contributed by atoms with Crippen molar-refractivity contribution in [3.05, 3.63) is 0 Å². The standard InChI is InChI=1S/C11H22N2O2/c1-11(14)3-4-13(8-11)6-9-7-15-5-2-10(9)12/h9-10,14H,2-8,12H2,1H3. The highest BCUT2D eigenvalue weighted by Gasteiger charge is 2.33. The van der Waals surface area contributed by atoms with Crippen LogP contribution in [0, 0.1) is 5.92 Å². The number of nitrogens with two attached hydrogens (primary N) is 1. The molecule has 0 aromatic heterocycles. The van der Waals surface area contributed by atoms with Crippen molar-refractivity contribution < 1.29 is 9.84 Å². The number of likely N-dealkylation sites (tertiary alicyclic amines) is 1. The third-order valence-corrected chi connectivity index (χ3v) is 3.56. The van der Waals surface area contributed by atoms with Gasteiger partial charge in [-0.2, -0.15) is 0 Å². The van der Waals surface area contributed by atoms with Crippen molar-refractivity contribution in [2.45, 2.75) is 31.4 Å². The topological polar surface area (TPSA) is 58.7 Å². The van der Waals surface area contributed by atoms with Gasteiger partial charge in [-0.15, -0.1) is 0 Å². The maximum absolute atomic E-state index is 9.86. The Morgan fingerprint density at radius 2 is 2.40 bits per heavy atom. The zero-order valence-electron chi connectivity index (χ0n) is 9.48. The minimum absolute atomic E-state index is 0.268. The second-order valence-corrected chi connectivity index (χ2v) is 5.27. The minimum atomic E-state index is -0.500. The van der Waals surface area contributed by atoms with E-state index < -0.39 is 5.60 Å². The summed E-state index contributed by atoms with van der Waals surface area (Å²) in [6.45, 7) is 6.21. The van der Waals surface area contributed by atoms with Crippen LogP contribution >= 0.6 is 0 Å². The van der Waals surface area contributed by atoms with Crippen LogP contribution in [0.1, 0.15) is 19.8 Å². The molecular formula is C11H22N2O2. The Kier molecular flexibility index (Phi) is 3.30. The van der Waals surface area contributed by atoms with E-state index in [9.17, 15) is 5.11 Å². The Bertz CT molecular complexity index is 221. The molecule has 2 saturated heterocycles. The van der Waals surface area contributed by atoms with Crippen molar-refractivity contribution in [2.75, 3.05) is 32.8 Å². The van der Waals surface area contributed by atoms with E-state index in [0.29, 0.717) is 5.92 Å². The first-order chi connectivity index (χ1) is 7.07. The van der Waals surface area contributed by atoms with Gasteiger partial charge in [0.2, 0.25) is 0 Å². The number of β-amino-alcohol motifs (C(OH)–C–C–N with tert-alkyl or cyclic N) is 1. The van der Waals surface area contributed by atoms with Gasteiger partial charge in [-0.05, 0) is 19.8 Å². The summed E-state index contributed by atoms with van der Waals surface area (Å²) in [7, 11) is 0. The quantitative estimate of drug-likeness (QED) is 0.669. The molecule has 2 aliphatic rings. The van der Waals surface area contributed by atoms with E-state index in [1.165, 1.54) is 0 Å². The highest BCUT2D eigenvalue weighted by atomic mass is 16.5. The van der Waals surface area contributed by atoms with Gasteiger partial charge in [-0.3, -0.25) is 4.90 Å². The Hall–Kier alpha value is -0.160. The first-order valence-corrected chi connectivity index (χ1v) is 5.85. The number of rotatable bonds is 2. The van der Waals surface area contributed by atoms with Crippen LogP contribution in [0.4, 0.5) is 0 Å². The molecule has 2 heterocycles. The molecule has 2 aliphatic heterocycles. The molecule has 2 rings (SSSR count). The van der Waals surface area contributed by atoms with E-state index in [2.05, 4.69) is 4.90 Å². The number of hydrogen-bond donors (Lipinski definition) is 2. The minimum Gasteiger partial charge on any atom is -0.389 e. The molecule has 0 aliphatic carbocycles. The van der Waals surface area contributed by atoms with Crippen molar-refractivity contribution in [3.8, 4) is 0 Å². The lowest BCUT2D eigenvalue weighted by Gasteiger charge is -2.32. The molecule has 0 aromatic carbocycles. The van der Waals surface area contributed by atoms with Gasteiger partial charge in [0.25, 0.3) is 0 Å². The van der Waals surface area contributed by atoms with Crippen molar-refractivity contribution in [2.24, 2.45) is 11.7 Å². The third-order valence-electron chi connectivity index (χ3n) is 3.56. The van der Waals surface area contributed by atoms with E-state index >= 15 is 0 Å². The van der Waals surface area contributed by atoms with Crippen molar-refractivity contribution >= 4 is 0 Å². The highest BCUT2D eigenvalue weighted by molar-refractivity contribution is 4.88. The Balaban J connectivity index is 1.81. The lowest BCUT2D eigenvalue weighted by Crippen LogP contribution is -2.45. The molecule has 3 N–H and O–H groups in total. The molecule has 88 valence electrons. The zero-order valence-corrected chi connectivity index (χ0v) is 9.48. The van der Waals surface area contributed by atoms with E-state index in [4.69, 9.17) is 10.5 Å². The lowest BCUT2D eigenvalue weighted by molar-refractivity contribution is 0.0218. The summed E-state index contributed by atoms with van der Waals surface area (Å²) in [6.07, 6.45) is 1.84. The van der Waals surface area contributed by atoms with Gasteiger partial charge >= 0.3 is 0 Å². The fourth-order valence-electron chi connectivity index (χ4n) is 2.53. The molecule has 4 heteroatoms. The van der Waals surface area contributed by atoms with Crippen LogP contribution in [-0.4, -0.2) is 54.5 Å². The van der Waals surface area contributed by atoms with Gasteiger partial charge in [0.1, 0.15) is 0 Å². The average molecular weight is 214 g/mol. The lowest BCUT2D eigenvalue weighted by atomic mass is 9.96. The summed E-state index contributed by atoms with van der Waals surface area (Å²) in [4.78, 5) is 2.30. The van der Waals surface area contributed by atoms with Gasteiger partial charge in [-0.1, -0.05) is 0 Å². The van der Waals surface area contributed by atoms with E-state index in [1.807, 2.05) is 6.92 Å². The van der Waals surface area contributed by atoms with Crippen molar-refractivity contribution in [3.63, 3.8) is 0 Å². The predicted octanol–water partition coefficient (Wildman–Crippen LogP) is -0.193. The van der Waals surface area contributed by atoms with Crippen LogP contribution in [0.25, 0.3) is 0 Å². The van der Waals surface area contributed by atoms with Crippen LogP contribution < -0.4 is 5.73 Å². The summed E-state index contributed by atoms with van der Waals surface area (Å²) in [5.41, 5.74) is 5.56.